The van der Waals surface area contributed by atoms with Crippen LogP contribution in [-0.2, 0) is 11.3 Å². The zero-order chi connectivity index (χ0) is 15.1. The zero-order valence-electron chi connectivity index (χ0n) is 12.4. The summed E-state index contributed by atoms with van der Waals surface area (Å²) in [5, 5.41) is 10.2. The van der Waals surface area contributed by atoms with E-state index in [1.165, 1.54) is 6.33 Å². The average molecular weight is 287 g/mol. The summed E-state index contributed by atoms with van der Waals surface area (Å²) in [6.45, 7) is 1.18. The van der Waals surface area contributed by atoms with E-state index in [0.29, 0.717) is 19.6 Å². The van der Waals surface area contributed by atoms with Crippen LogP contribution in [0, 0.1) is 0 Å². The molecule has 2 aromatic rings. The third-order valence-electron chi connectivity index (χ3n) is 3.31. The van der Waals surface area contributed by atoms with Gasteiger partial charge in [0.2, 0.25) is 0 Å². The van der Waals surface area contributed by atoms with Crippen LogP contribution in [0.15, 0.2) is 42.7 Å². The van der Waals surface area contributed by atoms with Gasteiger partial charge in [-0.2, -0.15) is 0 Å². The predicted molar refractivity (Wildman–Crippen MR) is 82.0 cm³/mol. The first-order chi connectivity index (χ1) is 10.2. The minimum atomic E-state index is -0.464. The maximum Gasteiger partial charge on any atom is 0.132 e. The molecule has 0 aliphatic carbocycles. The first kappa shape index (κ1) is 15.4. The Morgan fingerprint density at radius 1 is 1.24 bits per heavy atom. The molecule has 1 N–H and O–H groups in total. The van der Waals surface area contributed by atoms with E-state index in [4.69, 9.17) is 4.74 Å². The Labute approximate surface area is 125 Å². The molecule has 1 heterocycles. The van der Waals surface area contributed by atoms with E-state index in [0.717, 1.165) is 17.1 Å². The van der Waals surface area contributed by atoms with Crippen LogP contribution in [0.25, 0.3) is 0 Å². The smallest absolute Gasteiger partial charge is 0.132 e. The number of methoxy groups -OCH3 is 1. The molecule has 0 spiro atoms. The van der Waals surface area contributed by atoms with Crippen molar-refractivity contribution >= 4 is 5.82 Å². The summed E-state index contributed by atoms with van der Waals surface area (Å²) in [7, 11) is 3.60. The van der Waals surface area contributed by atoms with Crippen LogP contribution in [-0.4, -0.2) is 35.8 Å². The number of aromatic nitrogens is 2. The van der Waals surface area contributed by atoms with Crippen LogP contribution in [0.1, 0.15) is 23.8 Å². The van der Waals surface area contributed by atoms with Gasteiger partial charge < -0.3 is 14.7 Å². The van der Waals surface area contributed by atoms with Crippen molar-refractivity contribution in [1.29, 1.82) is 0 Å². The topological polar surface area (TPSA) is 58.5 Å². The molecule has 0 amide bonds. The Morgan fingerprint density at radius 2 is 2.00 bits per heavy atom. The first-order valence-corrected chi connectivity index (χ1v) is 6.94. The molecule has 0 fully saturated rings. The molecule has 5 heteroatoms. The normalized spacial score (nSPS) is 12.1. The minimum absolute atomic E-state index is 0.464. The first-order valence-electron chi connectivity index (χ1n) is 6.94. The number of aliphatic hydroxyl groups is 1. The Morgan fingerprint density at radius 3 is 2.71 bits per heavy atom. The maximum atomic E-state index is 10.2. The monoisotopic (exact) mass is 287 g/mol. The lowest BCUT2D eigenvalue weighted by atomic mass is 10.1. The third-order valence-corrected chi connectivity index (χ3v) is 3.31. The summed E-state index contributed by atoms with van der Waals surface area (Å²) in [6.07, 6.45) is 1.71. The zero-order valence-corrected chi connectivity index (χ0v) is 12.4. The van der Waals surface area contributed by atoms with Gasteiger partial charge in [-0.25, -0.2) is 9.97 Å². The van der Waals surface area contributed by atoms with Crippen LogP contribution in [0.3, 0.4) is 0 Å². The molecule has 1 aromatic heterocycles. The average Bonchev–Trinajstić information content (AvgIpc) is 2.53. The van der Waals surface area contributed by atoms with Crippen LogP contribution in [0.2, 0.25) is 0 Å². The van der Waals surface area contributed by atoms with Crippen molar-refractivity contribution < 1.29 is 9.84 Å². The SMILES string of the molecule is COCc1cc(N(C)CC[C@@H](O)c2ccccc2)ncn1. The van der Waals surface area contributed by atoms with Gasteiger partial charge >= 0.3 is 0 Å². The summed E-state index contributed by atoms with van der Waals surface area (Å²) in [5.41, 5.74) is 1.78. The highest BCUT2D eigenvalue weighted by molar-refractivity contribution is 5.37. The van der Waals surface area contributed by atoms with E-state index in [1.54, 1.807) is 7.11 Å². The third kappa shape index (κ3) is 4.51. The van der Waals surface area contributed by atoms with Gasteiger partial charge in [-0.1, -0.05) is 30.3 Å². The molecule has 5 nitrogen and oxygen atoms in total. The second-order valence-electron chi connectivity index (χ2n) is 4.94. The van der Waals surface area contributed by atoms with Gasteiger partial charge in [-0.15, -0.1) is 0 Å². The maximum absolute atomic E-state index is 10.2. The number of hydrogen-bond donors (Lipinski definition) is 1. The van der Waals surface area contributed by atoms with Gasteiger partial charge in [0.15, 0.2) is 0 Å². The molecule has 1 aromatic carbocycles. The molecule has 0 aliphatic heterocycles. The number of hydrogen-bond acceptors (Lipinski definition) is 5. The van der Waals surface area contributed by atoms with Crippen LogP contribution in [0.4, 0.5) is 5.82 Å². The van der Waals surface area contributed by atoms with Crippen LogP contribution < -0.4 is 4.90 Å². The molecule has 0 bridgehead atoms. The number of ether oxygens (including phenoxy) is 1. The van der Waals surface area contributed by atoms with Crippen molar-refractivity contribution in [2.75, 3.05) is 25.6 Å². The lowest BCUT2D eigenvalue weighted by Gasteiger charge is -2.20. The number of anilines is 1. The second-order valence-corrected chi connectivity index (χ2v) is 4.94. The molecule has 2 rings (SSSR count). The molecule has 0 saturated heterocycles. The largest absolute Gasteiger partial charge is 0.388 e. The predicted octanol–water partition coefficient (Wildman–Crippen LogP) is 2.18. The molecule has 1 atom stereocenters. The number of benzene rings is 1. The molecule has 0 saturated carbocycles. The van der Waals surface area contributed by atoms with Gasteiger partial charge in [0.05, 0.1) is 18.4 Å². The van der Waals surface area contributed by atoms with Crippen molar-refractivity contribution in [2.24, 2.45) is 0 Å². The Kier molecular flexibility index (Phi) is 5.66. The summed E-state index contributed by atoms with van der Waals surface area (Å²) < 4.78 is 5.07. The highest BCUT2D eigenvalue weighted by Gasteiger charge is 2.10. The van der Waals surface area contributed by atoms with Gasteiger partial charge in [0.1, 0.15) is 12.1 Å². The molecule has 0 aliphatic rings. The number of rotatable bonds is 7. The summed E-state index contributed by atoms with van der Waals surface area (Å²) in [5.74, 6) is 0.831. The fourth-order valence-corrected chi connectivity index (χ4v) is 2.09. The molecule has 0 unspecified atom stereocenters. The number of nitrogens with zero attached hydrogens (tertiary/aromatic N) is 3. The minimum Gasteiger partial charge on any atom is -0.388 e. The van der Waals surface area contributed by atoms with E-state index >= 15 is 0 Å². The van der Waals surface area contributed by atoms with Gasteiger partial charge in [-0.05, 0) is 12.0 Å². The summed E-state index contributed by atoms with van der Waals surface area (Å²) >= 11 is 0. The standard InChI is InChI=1S/C16H21N3O2/c1-19(16-10-14(11-21-2)17-12-18-16)9-8-15(20)13-6-4-3-5-7-13/h3-7,10,12,15,20H,8-9,11H2,1-2H3/t15-/m1/s1. The van der Waals surface area contributed by atoms with Crippen molar-refractivity contribution in [1.82, 2.24) is 9.97 Å². The van der Waals surface area contributed by atoms with Gasteiger partial charge in [0.25, 0.3) is 0 Å². The summed E-state index contributed by atoms with van der Waals surface area (Å²) in [6, 6.07) is 11.6. The van der Waals surface area contributed by atoms with E-state index in [2.05, 4.69) is 9.97 Å². The van der Waals surface area contributed by atoms with E-state index < -0.39 is 6.10 Å². The lowest BCUT2D eigenvalue weighted by Crippen LogP contribution is -2.22. The highest BCUT2D eigenvalue weighted by Crippen LogP contribution is 2.18. The van der Waals surface area contributed by atoms with Crippen molar-refractivity contribution in [2.45, 2.75) is 19.1 Å². The molecule has 0 radical (unpaired) electrons. The molecular weight excluding hydrogens is 266 g/mol. The van der Waals surface area contributed by atoms with Crippen molar-refractivity contribution in [3.05, 3.63) is 54.0 Å². The Balaban J connectivity index is 1.92. The molecule has 112 valence electrons. The summed E-state index contributed by atoms with van der Waals surface area (Å²) in [4.78, 5) is 10.4. The van der Waals surface area contributed by atoms with E-state index in [1.807, 2.05) is 48.3 Å². The van der Waals surface area contributed by atoms with E-state index in [-0.39, 0.29) is 0 Å². The van der Waals surface area contributed by atoms with Crippen molar-refractivity contribution in [3.63, 3.8) is 0 Å². The Bertz CT molecular complexity index is 548. The fraction of sp³-hybridized carbons (Fsp3) is 0.375. The second kappa shape index (κ2) is 7.71. The van der Waals surface area contributed by atoms with Gasteiger partial charge in [0, 0.05) is 26.8 Å². The van der Waals surface area contributed by atoms with E-state index in [9.17, 15) is 5.11 Å². The number of aliphatic hydroxyl groups excluding tert-OH is 1. The van der Waals surface area contributed by atoms with Gasteiger partial charge in [-0.3, -0.25) is 0 Å². The lowest BCUT2D eigenvalue weighted by molar-refractivity contribution is 0.169. The van der Waals surface area contributed by atoms with Crippen LogP contribution >= 0.6 is 0 Å². The molecule has 21 heavy (non-hydrogen) atoms. The Hall–Kier alpha value is -1.98. The molecular formula is C16H21N3O2. The highest BCUT2D eigenvalue weighted by atomic mass is 16.5. The quantitative estimate of drug-likeness (QED) is 0.846. The van der Waals surface area contributed by atoms with Crippen molar-refractivity contribution in [3.8, 4) is 0 Å². The fourth-order valence-electron chi connectivity index (χ4n) is 2.09. The van der Waals surface area contributed by atoms with Crippen LogP contribution in [0.5, 0.6) is 0 Å².